The van der Waals surface area contributed by atoms with Crippen molar-refractivity contribution in [3.05, 3.63) is 78.4 Å². The minimum atomic E-state index is -3.52. The monoisotopic (exact) mass is 346 g/mol. The van der Waals surface area contributed by atoms with E-state index in [9.17, 15) is 13.6 Å². The van der Waals surface area contributed by atoms with Crippen molar-refractivity contribution in [3.63, 3.8) is 0 Å². The summed E-state index contributed by atoms with van der Waals surface area (Å²) in [7, 11) is 0. The lowest BCUT2D eigenvalue weighted by molar-refractivity contribution is -0.185. The molecule has 0 saturated heterocycles. The Morgan fingerprint density at radius 3 is 2.24 bits per heavy atom. The van der Waals surface area contributed by atoms with Crippen LogP contribution in [0.3, 0.4) is 0 Å². The summed E-state index contributed by atoms with van der Waals surface area (Å²) in [5, 5.41) is 8.55. The van der Waals surface area contributed by atoms with Crippen LogP contribution in [-0.2, 0) is 10.9 Å². The van der Waals surface area contributed by atoms with Gasteiger partial charge in [-0.25, -0.2) is 4.79 Å². The Morgan fingerprint density at radius 2 is 1.68 bits per heavy atom. The molecule has 0 aliphatic rings. The molecule has 0 saturated carbocycles. The van der Waals surface area contributed by atoms with Gasteiger partial charge in [-0.3, -0.25) is 0 Å². The maximum absolute atomic E-state index is 14.2. The minimum Gasteiger partial charge on any atom is -0.490 e. The summed E-state index contributed by atoms with van der Waals surface area (Å²) in [6, 6.07) is 11.0. The van der Waals surface area contributed by atoms with Crippen molar-refractivity contribution in [2.24, 2.45) is 0 Å². The van der Waals surface area contributed by atoms with Crippen LogP contribution in [0.4, 0.5) is 8.78 Å². The lowest BCUT2D eigenvalue weighted by Gasteiger charge is -2.18. The van der Waals surface area contributed by atoms with Crippen LogP contribution in [0.2, 0.25) is 0 Å². The summed E-state index contributed by atoms with van der Waals surface area (Å²) in [6.45, 7) is 3.79. The van der Waals surface area contributed by atoms with Crippen molar-refractivity contribution >= 4 is 12.0 Å². The Bertz CT molecular complexity index is 750. The third kappa shape index (κ3) is 5.46. The molecule has 0 fully saturated rings. The van der Waals surface area contributed by atoms with Crippen molar-refractivity contribution in [3.8, 4) is 11.5 Å². The molecule has 0 heterocycles. The Balaban J connectivity index is 2.07. The van der Waals surface area contributed by atoms with E-state index in [0.29, 0.717) is 11.3 Å². The predicted molar refractivity (Wildman–Crippen MR) is 89.8 cm³/mol. The summed E-state index contributed by atoms with van der Waals surface area (Å²) in [4.78, 5) is 10.4. The number of ether oxygens (including phenoxy) is 2. The number of carboxylic acids is 1. The lowest BCUT2D eigenvalue weighted by Crippen LogP contribution is -2.21. The normalized spacial score (nSPS) is 11.3. The van der Waals surface area contributed by atoms with Gasteiger partial charge in [0.05, 0.1) is 5.56 Å². The quantitative estimate of drug-likeness (QED) is 0.566. The van der Waals surface area contributed by atoms with Crippen LogP contribution in [0.25, 0.3) is 6.08 Å². The molecule has 130 valence electrons. The van der Waals surface area contributed by atoms with Crippen molar-refractivity contribution in [1.82, 2.24) is 0 Å². The van der Waals surface area contributed by atoms with Crippen molar-refractivity contribution < 1.29 is 28.2 Å². The molecule has 6 heteroatoms. The molecule has 1 N–H and O–H groups in total. The standard InChI is InChI=1S/C19H16F2O4/c1-2-13-24-16-10-6-15(7-11-16)19(20,21)25-17-8-3-14(4-9-17)5-12-18(22)23/h2-12H,1,13H2,(H,22,23)/b12-5+. The summed E-state index contributed by atoms with van der Waals surface area (Å²) < 4.78 is 38.4. The largest absolute Gasteiger partial charge is 0.490 e. The van der Waals surface area contributed by atoms with Crippen molar-refractivity contribution in [1.29, 1.82) is 0 Å². The van der Waals surface area contributed by atoms with E-state index in [0.717, 1.165) is 6.08 Å². The number of carbonyl (C=O) groups is 1. The molecule has 4 nitrogen and oxygen atoms in total. The molecule has 0 bridgehead atoms. The third-order valence-corrected chi connectivity index (χ3v) is 3.10. The maximum Gasteiger partial charge on any atom is 0.426 e. The van der Waals surface area contributed by atoms with Crippen LogP contribution in [0.1, 0.15) is 11.1 Å². The fourth-order valence-electron chi connectivity index (χ4n) is 1.92. The second-order valence-corrected chi connectivity index (χ2v) is 4.98. The topological polar surface area (TPSA) is 55.8 Å². The predicted octanol–water partition coefficient (Wildman–Crippen LogP) is 4.48. The van der Waals surface area contributed by atoms with E-state index in [-0.39, 0.29) is 17.9 Å². The van der Waals surface area contributed by atoms with Gasteiger partial charge in [-0.2, -0.15) is 8.78 Å². The highest BCUT2D eigenvalue weighted by molar-refractivity contribution is 5.85. The number of carboxylic acid groups (broad SMARTS) is 1. The molecule has 2 aromatic carbocycles. The number of alkyl halides is 2. The van der Waals surface area contributed by atoms with Crippen LogP contribution >= 0.6 is 0 Å². The number of hydrogen-bond acceptors (Lipinski definition) is 3. The molecule has 0 radical (unpaired) electrons. The summed E-state index contributed by atoms with van der Waals surface area (Å²) in [5.41, 5.74) is 0.245. The molecular weight excluding hydrogens is 330 g/mol. The van der Waals surface area contributed by atoms with Gasteiger partial charge in [-0.1, -0.05) is 24.8 Å². The van der Waals surface area contributed by atoms with Gasteiger partial charge >= 0.3 is 12.1 Å². The Kier molecular flexibility index (Phi) is 5.89. The highest BCUT2D eigenvalue weighted by Crippen LogP contribution is 2.32. The van der Waals surface area contributed by atoms with Gasteiger partial charge in [0, 0.05) is 6.08 Å². The molecule has 0 aliphatic heterocycles. The van der Waals surface area contributed by atoms with Crippen molar-refractivity contribution in [2.75, 3.05) is 6.61 Å². The zero-order valence-corrected chi connectivity index (χ0v) is 13.2. The van der Waals surface area contributed by atoms with E-state index in [1.165, 1.54) is 54.6 Å². The molecule has 2 aromatic rings. The van der Waals surface area contributed by atoms with Gasteiger partial charge < -0.3 is 14.6 Å². The second kappa shape index (κ2) is 8.10. The van der Waals surface area contributed by atoms with Gasteiger partial charge in [0.2, 0.25) is 0 Å². The molecule has 0 aromatic heterocycles. The highest BCUT2D eigenvalue weighted by Gasteiger charge is 2.34. The van der Waals surface area contributed by atoms with Crippen LogP contribution in [0.15, 0.2) is 67.3 Å². The fraction of sp³-hybridized carbons (Fsp3) is 0.105. The van der Waals surface area contributed by atoms with E-state index >= 15 is 0 Å². The summed E-state index contributed by atoms with van der Waals surface area (Å²) >= 11 is 0. The van der Waals surface area contributed by atoms with Crippen molar-refractivity contribution in [2.45, 2.75) is 6.11 Å². The van der Waals surface area contributed by atoms with Crippen LogP contribution in [-0.4, -0.2) is 17.7 Å². The number of aliphatic carboxylic acids is 1. The molecule has 0 spiro atoms. The van der Waals surface area contributed by atoms with Crippen LogP contribution < -0.4 is 9.47 Å². The Labute approximate surface area is 143 Å². The number of rotatable bonds is 8. The van der Waals surface area contributed by atoms with Gasteiger partial charge in [-0.15, -0.1) is 0 Å². The van der Waals surface area contributed by atoms with E-state index in [4.69, 9.17) is 14.6 Å². The van der Waals surface area contributed by atoms with E-state index in [2.05, 4.69) is 6.58 Å². The number of halogens is 2. The molecular formula is C19H16F2O4. The first kappa shape index (κ1) is 18.2. The zero-order valence-electron chi connectivity index (χ0n) is 13.2. The van der Waals surface area contributed by atoms with E-state index in [1.807, 2.05) is 0 Å². The Morgan fingerprint density at radius 1 is 1.08 bits per heavy atom. The molecule has 2 rings (SSSR count). The average Bonchev–Trinajstić information content (AvgIpc) is 2.59. The SMILES string of the molecule is C=CCOc1ccc(C(F)(F)Oc2ccc(/C=C/C(=O)O)cc2)cc1. The van der Waals surface area contributed by atoms with E-state index < -0.39 is 12.1 Å². The van der Waals surface area contributed by atoms with Crippen LogP contribution in [0, 0.1) is 0 Å². The zero-order chi connectivity index (χ0) is 18.3. The number of benzene rings is 2. The molecule has 25 heavy (non-hydrogen) atoms. The smallest absolute Gasteiger partial charge is 0.426 e. The Hall–Kier alpha value is -3.15. The summed E-state index contributed by atoms with van der Waals surface area (Å²) in [6.07, 6.45) is 0.350. The van der Waals surface area contributed by atoms with Gasteiger partial charge in [0.1, 0.15) is 18.1 Å². The third-order valence-electron chi connectivity index (χ3n) is 3.10. The first-order valence-electron chi connectivity index (χ1n) is 7.33. The molecule has 0 unspecified atom stereocenters. The van der Waals surface area contributed by atoms with Gasteiger partial charge in [-0.05, 0) is 48.0 Å². The minimum absolute atomic E-state index is 0.0375. The fourth-order valence-corrected chi connectivity index (χ4v) is 1.92. The van der Waals surface area contributed by atoms with E-state index in [1.54, 1.807) is 6.08 Å². The highest BCUT2D eigenvalue weighted by atomic mass is 19.3. The average molecular weight is 346 g/mol. The lowest BCUT2D eigenvalue weighted by atomic mass is 10.2. The maximum atomic E-state index is 14.2. The first-order valence-corrected chi connectivity index (χ1v) is 7.33. The van der Waals surface area contributed by atoms with Gasteiger partial charge in [0.25, 0.3) is 0 Å². The van der Waals surface area contributed by atoms with Gasteiger partial charge in [0.15, 0.2) is 0 Å². The summed E-state index contributed by atoms with van der Waals surface area (Å²) in [5.74, 6) is -0.675. The number of hydrogen-bond donors (Lipinski definition) is 1. The molecule has 0 atom stereocenters. The second-order valence-electron chi connectivity index (χ2n) is 4.98. The van der Waals surface area contributed by atoms with Crippen LogP contribution in [0.5, 0.6) is 11.5 Å². The molecule has 0 aliphatic carbocycles. The first-order chi connectivity index (χ1) is 11.9. The molecule has 0 amide bonds.